The van der Waals surface area contributed by atoms with Gasteiger partial charge in [0.25, 0.3) is 5.91 Å². The van der Waals surface area contributed by atoms with Gasteiger partial charge >= 0.3 is 0 Å². The van der Waals surface area contributed by atoms with Crippen LogP contribution in [0.5, 0.6) is 5.75 Å². The molecule has 7 heteroatoms. The number of thioether (sulfide) groups is 1. The third-order valence-corrected chi connectivity index (χ3v) is 5.93. The molecule has 2 aliphatic heterocycles. The van der Waals surface area contributed by atoms with Crippen molar-refractivity contribution >= 4 is 23.6 Å². The minimum atomic E-state index is -0.276. The number of piperazine rings is 1. The zero-order valence-corrected chi connectivity index (χ0v) is 16.2. The molecule has 0 bridgehead atoms. The van der Waals surface area contributed by atoms with Gasteiger partial charge in [-0.15, -0.1) is 11.8 Å². The van der Waals surface area contributed by atoms with Crippen molar-refractivity contribution in [1.82, 2.24) is 9.80 Å². The molecule has 0 aliphatic carbocycles. The first kappa shape index (κ1) is 19.0. The van der Waals surface area contributed by atoms with Gasteiger partial charge in [-0.3, -0.25) is 9.59 Å². The van der Waals surface area contributed by atoms with E-state index in [1.165, 1.54) is 0 Å². The Labute approximate surface area is 158 Å². The second-order valence-electron chi connectivity index (χ2n) is 6.59. The van der Waals surface area contributed by atoms with Crippen molar-refractivity contribution in [2.75, 3.05) is 39.9 Å². The van der Waals surface area contributed by atoms with Gasteiger partial charge in [0.15, 0.2) is 0 Å². The summed E-state index contributed by atoms with van der Waals surface area (Å²) in [6.07, 6.45) is 1.49. The molecular weight excluding hydrogens is 352 g/mol. The van der Waals surface area contributed by atoms with Crippen molar-refractivity contribution in [2.45, 2.75) is 36.0 Å². The van der Waals surface area contributed by atoms with Crippen LogP contribution < -0.4 is 4.74 Å². The molecule has 142 valence electrons. The molecule has 2 unspecified atom stereocenters. The summed E-state index contributed by atoms with van der Waals surface area (Å²) in [5.41, 5.74) is 0. The van der Waals surface area contributed by atoms with Crippen LogP contribution in [0.4, 0.5) is 0 Å². The lowest BCUT2D eigenvalue weighted by Gasteiger charge is -2.36. The fourth-order valence-corrected chi connectivity index (χ4v) is 4.24. The Morgan fingerprint density at radius 1 is 1.15 bits per heavy atom. The predicted octanol–water partition coefficient (Wildman–Crippen LogP) is 2.03. The quantitative estimate of drug-likeness (QED) is 0.734. The van der Waals surface area contributed by atoms with Gasteiger partial charge in [-0.05, 0) is 44.0 Å². The molecule has 26 heavy (non-hydrogen) atoms. The third kappa shape index (κ3) is 4.51. The van der Waals surface area contributed by atoms with Crippen LogP contribution in [0.1, 0.15) is 19.8 Å². The van der Waals surface area contributed by atoms with Crippen molar-refractivity contribution in [1.29, 1.82) is 0 Å². The average Bonchev–Trinajstić information content (AvgIpc) is 3.22. The van der Waals surface area contributed by atoms with E-state index in [0.717, 1.165) is 23.5 Å². The molecule has 0 spiro atoms. The SMILES string of the molecule is COc1ccc(SC(C)C(=O)N2CCN(C(=O)C3CCCO3)CC2)cc1. The summed E-state index contributed by atoms with van der Waals surface area (Å²) < 4.78 is 10.6. The van der Waals surface area contributed by atoms with Crippen LogP contribution in [-0.2, 0) is 14.3 Å². The van der Waals surface area contributed by atoms with Crippen molar-refractivity contribution < 1.29 is 19.1 Å². The summed E-state index contributed by atoms with van der Waals surface area (Å²) in [6.45, 7) is 4.96. The van der Waals surface area contributed by atoms with Crippen LogP contribution in [0.15, 0.2) is 29.2 Å². The van der Waals surface area contributed by atoms with Crippen LogP contribution in [0.25, 0.3) is 0 Å². The molecule has 2 atom stereocenters. The van der Waals surface area contributed by atoms with E-state index in [9.17, 15) is 9.59 Å². The lowest BCUT2D eigenvalue weighted by atomic mass is 10.2. The van der Waals surface area contributed by atoms with Gasteiger partial charge in [-0.25, -0.2) is 0 Å². The Kier molecular flexibility index (Phi) is 6.43. The minimum absolute atomic E-state index is 0.0789. The molecule has 1 aromatic carbocycles. The highest BCUT2D eigenvalue weighted by molar-refractivity contribution is 8.00. The standard InChI is InChI=1S/C19H26N2O4S/c1-14(26-16-7-5-15(24-2)6-8-16)18(22)20-9-11-21(12-10-20)19(23)17-4-3-13-25-17/h5-8,14,17H,3-4,9-13H2,1-2H3. The largest absolute Gasteiger partial charge is 0.497 e. The summed E-state index contributed by atoms with van der Waals surface area (Å²) in [6, 6.07) is 7.72. The fraction of sp³-hybridized carbons (Fsp3) is 0.579. The molecule has 6 nitrogen and oxygen atoms in total. The molecular formula is C19H26N2O4S. The smallest absolute Gasteiger partial charge is 0.251 e. The molecule has 2 amide bonds. The third-order valence-electron chi connectivity index (χ3n) is 4.83. The van der Waals surface area contributed by atoms with Crippen molar-refractivity contribution in [3.63, 3.8) is 0 Å². The van der Waals surface area contributed by atoms with E-state index in [4.69, 9.17) is 9.47 Å². The molecule has 2 saturated heterocycles. The molecule has 0 saturated carbocycles. The van der Waals surface area contributed by atoms with Gasteiger partial charge in [0.2, 0.25) is 5.91 Å². The summed E-state index contributed by atoms with van der Waals surface area (Å²) in [7, 11) is 1.64. The minimum Gasteiger partial charge on any atom is -0.497 e. The zero-order valence-electron chi connectivity index (χ0n) is 15.3. The topological polar surface area (TPSA) is 59.1 Å². The number of amides is 2. The maximum atomic E-state index is 12.7. The molecule has 0 aromatic heterocycles. The first-order chi connectivity index (χ1) is 12.6. The number of hydrogen-bond donors (Lipinski definition) is 0. The van der Waals surface area contributed by atoms with Crippen molar-refractivity contribution in [2.24, 2.45) is 0 Å². The molecule has 0 radical (unpaired) electrons. The van der Waals surface area contributed by atoms with E-state index in [1.807, 2.05) is 41.0 Å². The molecule has 2 aliphatic rings. The summed E-state index contributed by atoms with van der Waals surface area (Å²) >= 11 is 1.54. The second kappa shape index (κ2) is 8.77. The first-order valence-electron chi connectivity index (χ1n) is 9.08. The fourth-order valence-electron chi connectivity index (χ4n) is 3.29. The summed E-state index contributed by atoms with van der Waals surface area (Å²) in [4.78, 5) is 29.8. The van der Waals surface area contributed by atoms with E-state index < -0.39 is 0 Å². The first-order valence-corrected chi connectivity index (χ1v) is 9.96. The van der Waals surface area contributed by atoms with Crippen LogP contribution in [0.3, 0.4) is 0 Å². The highest BCUT2D eigenvalue weighted by atomic mass is 32.2. The van der Waals surface area contributed by atoms with E-state index >= 15 is 0 Å². The van der Waals surface area contributed by atoms with Crippen LogP contribution >= 0.6 is 11.8 Å². The lowest BCUT2D eigenvalue weighted by molar-refractivity contribution is -0.145. The van der Waals surface area contributed by atoms with Gasteiger partial charge in [-0.1, -0.05) is 0 Å². The number of rotatable bonds is 5. The Morgan fingerprint density at radius 2 is 1.81 bits per heavy atom. The number of carbonyl (C=O) groups is 2. The molecule has 2 fully saturated rings. The van der Waals surface area contributed by atoms with Crippen LogP contribution in [0.2, 0.25) is 0 Å². The van der Waals surface area contributed by atoms with E-state index in [0.29, 0.717) is 32.8 Å². The second-order valence-corrected chi connectivity index (χ2v) is 8.00. The van der Waals surface area contributed by atoms with E-state index in [2.05, 4.69) is 0 Å². The number of ether oxygens (including phenoxy) is 2. The van der Waals surface area contributed by atoms with Crippen LogP contribution in [0, 0.1) is 0 Å². The molecule has 3 rings (SSSR count). The molecule has 0 N–H and O–H groups in total. The Balaban J connectivity index is 1.48. The number of hydrogen-bond acceptors (Lipinski definition) is 5. The van der Waals surface area contributed by atoms with Gasteiger partial charge < -0.3 is 19.3 Å². The monoisotopic (exact) mass is 378 g/mol. The van der Waals surface area contributed by atoms with Crippen LogP contribution in [-0.4, -0.2) is 72.9 Å². The number of carbonyl (C=O) groups excluding carboxylic acids is 2. The molecule has 1 aromatic rings. The number of benzene rings is 1. The summed E-state index contributed by atoms with van der Waals surface area (Å²) in [5, 5.41) is -0.163. The van der Waals surface area contributed by atoms with E-state index in [1.54, 1.807) is 18.9 Å². The average molecular weight is 378 g/mol. The van der Waals surface area contributed by atoms with Crippen molar-refractivity contribution in [3.05, 3.63) is 24.3 Å². The van der Waals surface area contributed by atoms with E-state index in [-0.39, 0.29) is 23.2 Å². The maximum Gasteiger partial charge on any atom is 0.251 e. The highest BCUT2D eigenvalue weighted by Gasteiger charge is 2.32. The number of methoxy groups -OCH3 is 1. The Hall–Kier alpha value is -1.73. The Bertz CT molecular complexity index is 623. The van der Waals surface area contributed by atoms with Gasteiger partial charge in [-0.2, -0.15) is 0 Å². The van der Waals surface area contributed by atoms with Gasteiger partial charge in [0.05, 0.1) is 12.4 Å². The van der Waals surface area contributed by atoms with Gasteiger partial charge in [0, 0.05) is 37.7 Å². The molecule has 2 heterocycles. The zero-order chi connectivity index (χ0) is 18.5. The summed E-state index contributed by atoms with van der Waals surface area (Å²) in [5.74, 6) is 1.01. The lowest BCUT2D eigenvalue weighted by Crippen LogP contribution is -2.54. The Morgan fingerprint density at radius 3 is 2.38 bits per heavy atom. The maximum absolute atomic E-state index is 12.7. The van der Waals surface area contributed by atoms with Gasteiger partial charge in [0.1, 0.15) is 11.9 Å². The normalized spacial score (nSPS) is 21.5. The highest BCUT2D eigenvalue weighted by Crippen LogP contribution is 2.27. The predicted molar refractivity (Wildman–Crippen MR) is 100 cm³/mol. The number of nitrogens with zero attached hydrogens (tertiary/aromatic N) is 2. The van der Waals surface area contributed by atoms with Crippen molar-refractivity contribution in [3.8, 4) is 5.75 Å².